The third-order valence-corrected chi connectivity index (χ3v) is 2.49. The van der Waals surface area contributed by atoms with Gasteiger partial charge >= 0.3 is 0 Å². The van der Waals surface area contributed by atoms with E-state index in [0.717, 1.165) is 12.1 Å². The van der Waals surface area contributed by atoms with Crippen LogP contribution in [0.4, 0.5) is 4.39 Å². The average molecular weight is 232 g/mol. The summed E-state index contributed by atoms with van der Waals surface area (Å²) in [5.41, 5.74) is 0.970. The van der Waals surface area contributed by atoms with Crippen LogP contribution in [0, 0.1) is 5.82 Å². The fourth-order valence-corrected chi connectivity index (χ4v) is 1.47. The van der Waals surface area contributed by atoms with Gasteiger partial charge in [-0.25, -0.2) is 4.39 Å². The van der Waals surface area contributed by atoms with Crippen molar-refractivity contribution in [3.8, 4) is 0 Å². The molecule has 0 fully saturated rings. The minimum Gasteiger partial charge on any atom is -0.383 e. The molecule has 0 aliphatic carbocycles. The monoisotopic (exact) mass is 231 g/mol. The maximum Gasteiger partial charge on any atom is 0.141 e. The fourth-order valence-electron chi connectivity index (χ4n) is 1.28. The van der Waals surface area contributed by atoms with Crippen LogP contribution in [-0.2, 0) is 4.74 Å². The number of halogens is 2. The van der Waals surface area contributed by atoms with Gasteiger partial charge in [-0.2, -0.15) is 0 Å². The Labute approximate surface area is 94.4 Å². The van der Waals surface area contributed by atoms with Crippen LogP contribution in [0.15, 0.2) is 18.2 Å². The zero-order valence-electron chi connectivity index (χ0n) is 8.89. The summed E-state index contributed by atoms with van der Waals surface area (Å²) in [6, 6.07) is 4.89. The van der Waals surface area contributed by atoms with E-state index in [1.165, 1.54) is 6.07 Å². The van der Waals surface area contributed by atoms with Crippen molar-refractivity contribution >= 4 is 11.6 Å². The molecule has 1 aromatic rings. The Kier molecular flexibility index (Phi) is 5.02. The van der Waals surface area contributed by atoms with Crippen molar-refractivity contribution in [2.45, 2.75) is 13.0 Å². The van der Waals surface area contributed by atoms with Gasteiger partial charge in [0.25, 0.3) is 0 Å². The lowest BCUT2D eigenvalue weighted by Gasteiger charge is -2.14. The quantitative estimate of drug-likeness (QED) is 0.787. The topological polar surface area (TPSA) is 21.3 Å². The molecule has 0 spiro atoms. The molecule has 1 N–H and O–H groups in total. The van der Waals surface area contributed by atoms with Crippen LogP contribution in [-0.4, -0.2) is 20.3 Å². The number of nitrogens with one attached hydrogen (secondary N) is 1. The van der Waals surface area contributed by atoms with E-state index in [2.05, 4.69) is 5.32 Å². The molecule has 0 saturated heterocycles. The summed E-state index contributed by atoms with van der Waals surface area (Å²) in [6.07, 6.45) is 0. The molecule has 0 radical (unpaired) electrons. The van der Waals surface area contributed by atoms with E-state index >= 15 is 0 Å². The maximum atomic E-state index is 12.9. The molecular formula is C11H15ClFNO. The van der Waals surface area contributed by atoms with Gasteiger partial charge in [-0.1, -0.05) is 17.7 Å². The molecule has 84 valence electrons. The van der Waals surface area contributed by atoms with E-state index in [1.54, 1.807) is 19.2 Å². The molecule has 0 aliphatic heterocycles. The summed E-state index contributed by atoms with van der Waals surface area (Å²) in [5.74, 6) is -0.385. The van der Waals surface area contributed by atoms with Gasteiger partial charge < -0.3 is 10.1 Å². The minimum atomic E-state index is -0.385. The normalized spacial score (nSPS) is 12.8. The molecule has 4 heteroatoms. The summed E-state index contributed by atoms with van der Waals surface area (Å²) >= 11 is 5.69. The van der Waals surface area contributed by atoms with E-state index in [0.29, 0.717) is 6.61 Å². The molecule has 0 aromatic heterocycles. The van der Waals surface area contributed by atoms with Crippen molar-refractivity contribution in [1.29, 1.82) is 0 Å². The molecular weight excluding hydrogens is 217 g/mol. The highest BCUT2D eigenvalue weighted by molar-refractivity contribution is 6.30. The van der Waals surface area contributed by atoms with Gasteiger partial charge in [0.1, 0.15) is 5.82 Å². The first kappa shape index (κ1) is 12.4. The number of rotatable bonds is 5. The summed E-state index contributed by atoms with van der Waals surface area (Å²) in [7, 11) is 1.65. The van der Waals surface area contributed by atoms with Crippen LogP contribution in [0.3, 0.4) is 0 Å². The number of methoxy groups -OCH3 is 1. The predicted molar refractivity (Wildman–Crippen MR) is 59.7 cm³/mol. The molecule has 0 amide bonds. The minimum absolute atomic E-state index is 0.137. The first-order chi connectivity index (χ1) is 7.15. The summed E-state index contributed by atoms with van der Waals surface area (Å²) in [5, 5.41) is 3.40. The largest absolute Gasteiger partial charge is 0.383 e. The van der Waals surface area contributed by atoms with Crippen LogP contribution in [0.1, 0.15) is 18.5 Å². The molecule has 15 heavy (non-hydrogen) atoms. The van der Waals surface area contributed by atoms with E-state index in [-0.39, 0.29) is 16.9 Å². The Balaban J connectivity index is 2.57. The van der Waals surface area contributed by atoms with E-state index in [4.69, 9.17) is 16.3 Å². The van der Waals surface area contributed by atoms with Gasteiger partial charge in [0.05, 0.1) is 11.6 Å². The van der Waals surface area contributed by atoms with Gasteiger partial charge in [0.15, 0.2) is 0 Å². The first-order valence-corrected chi connectivity index (χ1v) is 5.20. The van der Waals surface area contributed by atoms with Gasteiger partial charge in [-0.3, -0.25) is 0 Å². The molecule has 0 saturated carbocycles. The van der Waals surface area contributed by atoms with Gasteiger partial charge in [0.2, 0.25) is 0 Å². The van der Waals surface area contributed by atoms with Crippen LogP contribution >= 0.6 is 11.6 Å². The standard InChI is InChI=1S/C11H15ClFNO/c1-8(14-5-6-15-2)9-3-4-11(13)10(12)7-9/h3-4,7-8,14H,5-6H2,1-2H3. The smallest absolute Gasteiger partial charge is 0.141 e. The van der Waals surface area contributed by atoms with Gasteiger partial charge in [-0.05, 0) is 24.6 Å². The second kappa shape index (κ2) is 6.05. The third-order valence-electron chi connectivity index (χ3n) is 2.20. The molecule has 0 heterocycles. The fraction of sp³-hybridized carbons (Fsp3) is 0.455. The average Bonchev–Trinajstić information content (AvgIpc) is 2.22. The Hall–Kier alpha value is -0.640. The third kappa shape index (κ3) is 3.78. The SMILES string of the molecule is COCCNC(C)c1ccc(F)c(Cl)c1. The Bertz CT molecular complexity index is 319. The zero-order chi connectivity index (χ0) is 11.3. The van der Waals surface area contributed by atoms with E-state index in [9.17, 15) is 4.39 Å². The zero-order valence-corrected chi connectivity index (χ0v) is 9.64. The summed E-state index contributed by atoms with van der Waals surface area (Å²) in [6.45, 7) is 3.41. The molecule has 0 aliphatic rings. The number of benzene rings is 1. The molecule has 0 bridgehead atoms. The second-order valence-electron chi connectivity index (χ2n) is 3.34. The van der Waals surface area contributed by atoms with Crippen LogP contribution in [0.5, 0.6) is 0 Å². The highest BCUT2D eigenvalue weighted by Gasteiger charge is 2.07. The Morgan fingerprint density at radius 1 is 1.53 bits per heavy atom. The Morgan fingerprint density at radius 3 is 2.87 bits per heavy atom. The molecule has 2 nitrogen and oxygen atoms in total. The van der Waals surface area contributed by atoms with Crippen molar-refractivity contribution in [1.82, 2.24) is 5.32 Å². The molecule has 1 rings (SSSR count). The van der Waals surface area contributed by atoms with Gasteiger partial charge in [0, 0.05) is 19.7 Å². The number of hydrogen-bond donors (Lipinski definition) is 1. The first-order valence-electron chi connectivity index (χ1n) is 4.82. The van der Waals surface area contributed by atoms with Crippen molar-refractivity contribution in [2.75, 3.05) is 20.3 Å². The highest BCUT2D eigenvalue weighted by atomic mass is 35.5. The second-order valence-corrected chi connectivity index (χ2v) is 3.75. The maximum absolute atomic E-state index is 12.9. The lowest BCUT2D eigenvalue weighted by molar-refractivity contribution is 0.196. The lowest BCUT2D eigenvalue weighted by atomic mass is 10.1. The van der Waals surface area contributed by atoms with Crippen LogP contribution < -0.4 is 5.32 Å². The van der Waals surface area contributed by atoms with Crippen molar-refractivity contribution in [2.24, 2.45) is 0 Å². The predicted octanol–water partition coefficient (Wildman–Crippen LogP) is 2.78. The van der Waals surface area contributed by atoms with Crippen molar-refractivity contribution in [3.05, 3.63) is 34.6 Å². The number of hydrogen-bond acceptors (Lipinski definition) is 2. The van der Waals surface area contributed by atoms with Crippen LogP contribution in [0.2, 0.25) is 5.02 Å². The van der Waals surface area contributed by atoms with E-state index < -0.39 is 0 Å². The van der Waals surface area contributed by atoms with Crippen LogP contribution in [0.25, 0.3) is 0 Å². The summed E-state index contributed by atoms with van der Waals surface area (Å²) in [4.78, 5) is 0. The highest BCUT2D eigenvalue weighted by Crippen LogP contribution is 2.20. The lowest BCUT2D eigenvalue weighted by Crippen LogP contribution is -2.22. The van der Waals surface area contributed by atoms with E-state index in [1.807, 2.05) is 6.92 Å². The molecule has 1 atom stereocenters. The molecule has 1 unspecified atom stereocenters. The van der Waals surface area contributed by atoms with Gasteiger partial charge in [-0.15, -0.1) is 0 Å². The summed E-state index contributed by atoms with van der Waals surface area (Å²) < 4.78 is 17.8. The van der Waals surface area contributed by atoms with Crippen molar-refractivity contribution < 1.29 is 9.13 Å². The Morgan fingerprint density at radius 2 is 2.27 bits per heavy atom. The molecule has 1 aromatic carbocycles. The number of ether oxygens (including phenoxy) is 1. The van der Waals surface area contributed by atoms with Crippen molar-refractivity contribution in [3.63, 3.8) is 0 Å².